The van der Waals surface area contributed by atoms with Crippen LogP contribution in [0.25, 0.3) is 22.3 Å². The van der Waals surface area contributed by atoms with E-state index in [4.69, 9.17) is 0 Å². The zero-order valence-electron chi connectivity index (χ0n) is 36.5. The minimum Gasteiger partial charge on any atom is -0.337 e. The number of hydrogen-bond acceptors (Lipinski definition) is 12. The van der Waals surface area contributed by atoms with Crippen LogP contribution in [0, 0.1) is 13.8 Å². The molecule has 7 heterocycles. The molecule has 1 fully saturated rings. The highest BCUT2D eigenvalue weighted by Crippen LogP contribution is 2.47. The first-order valence-corrected chi connectivity index (χ1v) is 20.6. The quantitative estimate of drug-likeness (QED) is 0.162. The van der Waals surface area contributed by atoms with Gasteiger partial charge < -0.3 is 9.80 Å². The maximum atomic E-state index is 13.4. The van der Waals surface area contributed by atoms with Crippen molar-refractivity contribution < 1.29 is 32.3 Å². The summed E-state index contributed by atoms with van der Waals surface area (Å²) in [5.74, 6) is 0.184. The number of likely N-dealkylation sites (tertiary alicyclic amines) is 1. The Morgan fingerprint density at radius 3 is 1.49 bits per heavy atom. The van der Waals surface area contributed by atoms with E-state index < -0.39 is 29.5 Å². The van der Waals surface area contributed by atoms with E-state index in [1.165, 1.54) is 23.5 Å². The predicted molar refractivity (Wildman–Crippen MR) is 232 cm³/mol. The SMILES string of the molecule is Cc1ncc(-c2ccc3c(c2)N(c2cncc(C(=O)N(C)CC(F)(F)F)n2)C(=O)C3(C)C)cn1.Cc1ncc(-c2ccc3c(c2)N(c2cncc(C(=O)N4CCC4)n2)C(=O)C3(C)C)cn1. The van der Waals surface area contributed by atoms with Crippen LogP contribution in [0.4, 0.5) is 36.2 Å². The highest BCUT2D eigenvalue weighted by atomic mass is 19.4. The fourth-order valence-corrected chi connectivity index (χ4v) is 7.75. The van der Waals surface area contributed by atoms with Gasteiger partial charge in [-0.3, -0.25) is 38.9 Å². The van der Waals surface area contributed by atoms with Crippen LogP contribution in [0.1, 0.15) is 77.9 Å². The van der Waals surface area contributed by atoms with Gasteiger partial charge in [0.25, 0.3) is 11.8 Å². The number of anilines is 4. The zero-order chi connectivity index (χ0) is 46.6. The number of nitrogens with zero attached hydrogens (tertiary/aromatic N) is 12. The molecule has 19 heteroatoms. The third-order valence-corrected chi connectivity index (χ3v) is 11.6. The summed E-state index contributed by atoms with van der Waals surface area (Å²) in [6, 6.07) is 11.4. The Balaban J connectivity index is 0.000000178. The van der Waals surface area contributed by atoms with Gasteiger partial charge in [0.2, 0.25) is 11.8 Å². The van der Waals surface area contributed by atoms with Crippen LogP contribution in [0.5, 0.6) is 0 Å². The Labute approximate surface area is 371 Å². The Kier molecular flexibility index (Phi) is 11.2. The van der Waals surface area contributed by atoms with Gasteiger partial charge in [0, 0.05) is 56.1 Å². The largest absolute Gasteiger partial charge is 0.406 e. The van der Waals surface area contributed by atoms with Crippen LogP contribution >= 0.6 is 0 Å². The van der Waals surface area contributed by atoms with Gasteiger partial charge in [-0.05, 0) is 82.3 Å². The van der Waals surface area contributed by atoms with E-state index in [0.29, 0.717) is 28.1 Å². The van der Waals surface area contributed by atoms with Crippen LogP contribution < -0.4 is 9.80 Å². The molecular formula is C46H43F3N12O4. The van der Waals surface area contributed by atoms with E-state index in [1.54, 1.807) is 61.4 Å². The van der Waals surface area contributed by atoms with Crippen molar-refractivity contribution in [3.63, 3.8) is 0 Å². The predicted octanol–water partition coefficient (Wildman–Crippen LogP) is 6.88. The maximum Gasteiger partial charge on any atom is 0.406 e. The van der Waals surface area contributed by atoms with Gasteiger partial charge in [-0.15, -0.1) is 0 Å². The van der Waals surface area contributed by atoms with Gasteiger partial charge in [-0.25, -0.2) is 29.9 Å². The fourth-order valence-electron chi connectivity index (χ4n) is 7.75. The summed E-state index contributed by atoms with van der Waals surface area (Å²) < 4.78 is 38.2. The van der Waals surface area contributed by atoms with Gasteiger partial charge in [-0.2, -0.15) is 13.2 Å². The van der Waals surface area contributed by atoms with Gasteiger partial charge in [0.15, 0.2) is 11.6 Å². The Hall–Kier alpha value is -7.57. The van der Waals surface area contributed by atoms with Crippen LogP contribution in [0.15, 0.2) is 86.0 Å². The topological polar surface area (TPSA) is 184 Å². The number of carbonyl (C=O) groups excluding carboxylic acids is 4. The molecule has 0 bridgehead atoms. The summed E-state index contributed by atoms with van der Waals surface area (Å²) >= 11 is 0. The monoisotopic (exact) mass is 884 g/mol. The van der Waals surface area contributed by atoms with Crippen LogP contribution in [0.3, 0.4) is 0 Å². The van der Waals surface area contributed by atoms with E-state index in [9.17, 15) is 32.3 Å². The minimum atomic E-state index is -4.56. The molecular weight excluding hydrogens is 842 g/mol. The van der Waals surface area contributed by atoms with Crippen LogP contribution in [0.2, 0.25) is 0 Å². The van der Waals surface area contributed by atoms with Crippen molar-refractivity contribution >= 4 is 46.6 Å². The molecule has 2 aromatic carbocycles. The molecule has 332 valence electrons. The van der Waals surface area contributed by atoms with Crippen molar-refractivity contribution in [3.05, 3.63) is 120 Å². The molecule has 16 nitrogen and oxygen atoms in total. The van der Waals surface area contributed by atoms with Crippen molar-refractivity contribution in [3.8, 4) is 22.3 Å². The average molecular weight is 885 g/mol. The van der Waals surface area contributed by atoms with Crippen molar-refractivity contribution in [1.82, 2.24) is 49.7 Å². The molecule has 4 amide bonds. The van der Waals surface area contributed by atoms with Crippen LogP contribution in [-0.4, -0.2) is 106 Å². The second-order valence-electron chi connectivity index (χ2n) is 17.0. The number of halogens is 3. The normalized spacial score (nSPS) is 15.8. The van der Waals surface area contributed by atoms with E-state index >= 15 is 0 Å². The molecule has 0 unspecified atom stereocenters. The summed E-state index contributed by atoms with van der Waals surface area (Å²) in [4.78, 5) is 90.9. The lowest BCUT2D eigenvalue weighted by Crippen LogP contribution is -2.42. The second-order valence-corrected chi connectivity index (χ2v) is 17.0. The summed E-state index contributed by atoms with van der Waals surface area (Å²) in [7, 11) is 1.03. The molecule has 0 atom stereocenters. The zero-order valence-corrected chi connectivity index (χ0v) is 36.5. The number of hydrogen-bond donors (Lipinski definition) is 0. The van der Waals surface area contributed by atoms with Crippen molar-refractivity contribution in [1.29, 1.82) is 0 Å². The number of benzene rings is 2. The first kappa shape index (κ1) is 44.1. The standard InChI is InChI=1S/C23H21F3N6O2.C23H22N6O2/c1-13-28-8-15(9-29-13)14-5-6-16-18(7-14)32(21(34)22(16,2)3)19-11-27-10-17(30-19)20(33)31(4)12-23(24,25)26;1-14-25-10-16(11-26-14)15-5-6-17-19(9-15)29(22(31)23(17,2)3)20-13-24-12-18(27-20)21(30)28-7-4-8-28/h5-11H,12H2,1-4H3;5-6,9-13H,4,7-8H2,1-3H3. The Morgan fingerprint density at radius 2 is 1.08 bits per heavy atom. The third kappa shape index (κ3) is 8.36. The summed E-state index contributed by atoms with van der Waals surface area (Å²) in [5.41, 5.74) is 4.50. The molecule has 0 aliphatic carbocycles. The maximum absolute atomic E-state index is 13.4. The first-order chi connectivity index (χ1) is 30.7. The van der Waals surface area contributed by atoms with E-state index in [1.807, 2.05) is 51.1 Å². The molecule has 9 rings (SSSR count). The number of alkyl halides is 3. The first-order valence-electron chi connectivity index (χ1n) is 20.6. The van der Waals surface area contributed by atoms with Gasteiger partial charge in [0.1, 0.15) is 29.6 Å². The molecule has 3 aliphatic heterocycles. The molecule has 6 aromatic rings. The Morgan fingerprint density at radius 1 is 0.646 bits per heavy atom. The Bertz CT molecular complexity index is 2870. The summed E-state index contributed by atoms with van der Waals surface area (Å²) in [6.07, 6.45) is 8.67. The van der Waals surface area contributed by atoms with Crippen molar-refractivity contribution in [2.24, 2.45) is 0 Å². The lowest BCUT2D eigenvalue weighted by atomic mass is 9.85. The smallest absolute Gasteiger partial charge is 0.337 e. The lowest BCUT2D eigenvalue weighted by molar-refractivity contribution is -0.138. The number of fused-ring (bicyclic) bond motifs is 2. The van der Waals surface area contributed by atoms with Gasteiger partial charge in [0.05, 0.1) is 47.0 Å². The van der Waals surface area contributed by atoms with Crippen molar-refractivity contribution in [2.75, 3.05) is 36.5 Å². The molecule has 3 aliphatic rings. The van der Waals surface area contributed by atoms with E-state index in [2.05, 4.69) is 39.9 Å². The molecule has 1 saturated heterocycles. The molecule has 0 radical (unpaired) electrons. The van der Waals surface area contributed by atoms with E-state index in [0.717, 1.165) is 71.8 Å². The number of carbonyl (C=O) groups is 4. The molecule has 4 aromatic heterocycles. The number of rotatable bonds is 7. The van der Waals surface area contributed by atoms with E-state index in [-0.39, 0.29) is 34.9 Å². The van der Waals surface area contributed by atoms with Crippen molar-refractivity contribution in [2.45, 2.75) is 65.0 Å². The molecule has 0 N–H and O–H groups in total. The fraction of sp³-hybridized carbons (Fsp3) is 0.304. The summed E-state index contributed by atoms with van der Waals surface area (Å²) in [6.45, 7) is 11.0. The highest BCUT2D eigenvalue weighted by Gasteiger charge is 2.47. The molecule has 0 saturated carbocycles. The number of aryl methyl sites for hydroxylation is 2. The van der Waals surface area contributed by atoms with Gasteiger partial charge in [-0.1, -0.05) is 24.3 Å². The highest BCUT2D eigenvalue weighted by molar-refractivity contribution is 6.13. The molecule has 65 heavy (non-hydrogen) atoms. The third-order valence-electron chi connectivity index (χ3n) is 11.6. The minimum absolute atomic E-state index is 0.0420. The van der Waals surface area contributed by atoms with Gasteiger partial charge >= 0.3 is 6.18 Å². The average Bonchev–Trinajstić information content (AvgIpc) is 3.58. The summed E-state index contributed by atoms with van der Waals surface area (Å²) in [5, 5.41) is 0. The number of aromatic nitrogens is 8. The molecule has 0 spiro atoms. The van der Waals surface area contributed by atoms with Crippen LogP contribution in [-0.2, 0) is 20.4 Å². The number of amides is 4. The second kappa shape index (κ2) is 16.5. The lowest BCUT2D eigenvalue weighted by Gasteiger charge is -2.30.